The number of ether oxygens (including phenoxy) is 1. The smallest absolute Gasteiger partial charge is 0.262 e. The standard InChI is InChI=1S/C19H16FNO2S/c1-23-17-5-3-2-4-14(17)12-21-19(22)18-16(10-11-24-18)13-6-8-15(20)9-7-13/h2-11H,12H2,1H3,(H,21,22). The van der Waals surface area contributed by atoms with E-state index in [2.05, 4.69) is 5.32 Å². The zero-order valence-electron chi connectivity index (χ0n) is 13.1. The number of nitrogens with one attached hydrogen (secondary N) is 1. The van der Waals surface area contributed by atoms with E-state index >= 15 is 0 Å². The highest BCUT2D eigenvalue weighted by atomic mass is 32.1. The van der Waals surface area contributed by atoms with Crippen LogP contribution in [0.1, 0.15) is 15.2 Å². The molecule has 0 aliphatic carbocycles. The minimum Gasteiger partial charge on any atom is -0.496 e. The molecule has 0 aliphatic rings. The Balaban J connectivity index is 1.77. The van der Waals surface area contributed by atoms with Gasteiger partial charge in [-0.1, -0.05) is 30.3 Å². The fraction of sp³-hybridized carbons (Fsp3) is 0.105. The van der Waals surface area contributed by atoms with Crippen LogP contribution in [0.15, 0.2) is 60.0 Å². The van der Waals surface area contributed by atoms with E-state index in [-0.39, 0.29) is 11.7 Å². The number of hydrogen-bond donors (Lipinski definition) is 1. The highest BCUT2D eigenvalue weighted by molar-refractivity contribution is 7.12. The first-order chi connectivity index (χ1) is 11.7. The van der Waals surface area contributed by atoms with Crippen molar-refractivity contribution in [3.63, 3.8) is 0 Å². The summed E-state index contributed by atoms with van der Waals surface area (Å²) >= 11 is 1.36. The molecule has 1 aromatic heterocycles. The molecule has 5 heteroatoms. The molecule has 1 heterocycles. The molecule has 2 aromatic carbocycles. The molecule has 1 amide bonds. The Morgan fingerprint density at radius 2 is 1.88 bits per heavy atom. The number of carbonyl (C=O) groups excluding carboxylic acids is 1. The second-order valence-electron chi connectivity index (χ2n) is 5.16. The van der Waals surface area contributed by atoms with Crippen molar-refractivity contribution in [1.29, 1.82) is 0 Å². The Morgan fingerprint density at radius 1 is 1.12 bits per heavy atom. The minimum atomic E-state index is -0.295. The second kappa shape index (κ2) is 7.27. The fourth-order valence-electron chi connectivity index (χ4n) is 2.45. The summed E-state index contributed by atoms with van der Waals surface area (Å²) in [5.74, 6) is 0.286. The monoisotopic (exact) mass is 341 g/mol. The van der Waals surface area contributed by atoms with Gasteiger partial charge in [0.1, 0.15) is 11.6 Å². The lowest BCUT2D eigenvalue weighted by atomic mass is 10.1. The van der Waals surface area contributed by atoms with Gasteiger partial charge in [-0.2, -0.15) is 0 Å². The van der Waals surface area contributed by atoms with Crippen LogP contribution in [0.25, 0.3) is 11.1 Å². The van der Waals surface area contributed by atoms with Gasteiger partial charge in [-0.3, -0.25) is 4.79 Å². The van der Waals surface area contributed by atoms with E-state index in [0.717, 1.165) is 22.4 Å². The molecule has 0 fully saturated rings. The summed E-state index contributed by atoms with van der Waals surface area (Å²) in [4.78, 5) is 13.1. The molecule has 3 nitrogen and oxygen atoms in total. The van der Waals surface area contributed by atoms with Crippen molar-refractivity contribution in [3.05, 3.63) is 76.2 Å². The Morgan fingerprint density at radius 3 is 2.62 bits per heavy atom. The van der Waals surface area contributed by atoms with Crippen molar-refractivity contribution < 1.29 is 13.9 Å². The Labute approximate surface area is 143 Å². The van der Waals surface area contributed by atoms with Gasteiger partial charge in [0.05, 0.1) is 12.0 Å². The number of hydrogen-bond acceptors (Lipinski definition) is 3. The van der Waals surface area contributed by atoms with Crippen LogP contribution >= 0.6 is 11.3 Å². The summed E-state index contributed by atoms with van der Waals surface area (Å²) in [5.41, 5.74) is 2.53. The summed E-state index contributed by atoms with van der Waals surface area (Å²) < 4.78 is 18.4. The van der Waals surface area contributed by atoms with Crippen LogP contribution in [-0.4, -0.2) is 13.0 Å². The van der Waals surface area contributed by atoms with Gasteiger partial charge in [-0.15, -0.1) is 11.3 Å². The molecular formula is C19H16FNO2S. The molecule has 24 heavy (non-hydrogen) atoms. The predicted octanol–water partition coefficient (Wildman–Crippen LogP) is 4.49. The molecule has 0 spiro atoms. The zero-order valence-corrected chi connectivity index (χ0v) is 13.9. The number of para-hydroxylation sites is 1. The maximum absolute atomic E-state index is 13.1. The molecule has 0 saturated heterocycles. The first kappa shape index (κ1) is 16.2. The molecule has 3 rings (SSSR count). The second-order valence-corrected chi connectivity index (χ2v) is 6.08. The van der Waals surface area contributed by atoms with E-state index in [4.69, 9.17) is 4.74 Å². The van der Waals surface area contributed by atoms with E-state index < -0.39 is 0 Å². The lowest BCUT2D eigenvalue weighted by molar-refractivity contribution is 0.0955. The van der Waals surface area contributed by atoms with Crippen molar-refractivity contribution in [3.8, 4) is 16.9 Å². The van der Waals surface area contributed by atoms with Gasteiger partial charge in [-0.05, 0) is 35.2 Å². The molecule has 0 unspecified atom stereocenters. The van der Waals surface area contributed by atoms with Crippen LogP contribution in [-0.2, 0) is 6.54 Å². The number of halogens is 1. The van der Waals surface area contributed by atoms with E-state index in [1.807, 2.05) is 35.7 Å². The minimum absolute atomic E-state index is 0.157. The average Bonchev–Trinajstić information content (AvgIpc) is 3.10. The SMILES string of the molecule is COc1ccccc1CNC(=O)c1sccc1-c1ccc(F)cc1. The number of amides is 1. The van der Waals surface area contributed by atoms with Crippen molar-refractivity contribution in [2.24, 2.45) is 0 Å². The molecule has 0 radical (unpaired) electrons. The van der Waals surface area contributed by atoms with Crippen molar-refractivity contribution in [2.75, 3.05) is 7.11 Å². The van der Waals surface area contributed by atoms with Crippen LogP contribution in [0, 0.1) is 5.82 Å². The number of rotatable bonds is 5. The molecular weight excluding hydrogens is 325 g/mol. The maximum Gasteiger partial charge on any atom is 0.262 e. The predicted molar refractivity (Wildman–Crippen MR) is 93.9 cm³/mol. The van der Waals surface area contributed by atoms with Gasteiger partial charge >= 0.3 is 0 Å². The largest absolute Gasteiger partial charge is 0.496 e. The van der Waals surface area contributed by atoms with Crippen LogP contribution in [0.3, 0.4) is 0 Å². The highest BCUT2D eigenvalue weighted by Crippen LogP contribution is 2.28. The lowest BCUT2D eigenvalue weighted by Crippen LogP contribution is -2.22. The molecule has 3 aromatic rings. The van der Waals surface area contributed by atoms with Crippen molar-refractivity contribution in [1.82, 2.24) is 5.32 Å². The summed E-state index contributed by atoms with van der Waals surface area (Å²) in [5, 5.41) is 4.77. The highest BCUT2D eigenvalue weighted by Gasteiger charge is 2.15. The van der Waals surface area contributed by atoms with Crippen LogP contribution in [0.2, 0.25) is 0 Å². The number of benzene rings is 2. The number of thiophene rings is 1. The lowest BCUT2D eigenvalue weighted by Gasteiger charge is -2.10. The summed E-state index contributed by atoms with van der Waals surface area (Å²) in [7, 11) is 1.60. The molecule has 122 valence electrons. The maximum atomic E-state index is 13.1. The fourth-order valence-corrected chi connectivity index (χ4v) is 3.28. The average molecular weight is 341 g/mol. The van der Waals surface area contributed by atoms with E-state index in [0.29, 0.717) is 11.4 Å². The van der Waals surface area contributed by atoms with E-state index in [9.17, 15) is 9.18 Å². The van der Waals surface area contributed by atoms with Crippen LogP contribution in [0.4, 0.5) is 4.39 Å². The first-order valence-corrected chi connectivity index (χ1v) is 8.30. The number of carbonyl (C=O) groups is 1. The van der Waals surface area contributed by atoms with Crippen LogP contribution in [0.5, 0.6) is 5.75 Å². The Kier molecular flexibility index (Phi) is 4.91. The first-order valence-electron chi connectivity index (χ1n) is 7.42. The Hall–Kier alpha value is -2.66. The molecule has 0 saturated carbocycles. The van der Waals surface area contributed by atoms with Gasteiger partial charge in [0, 0.05) is 17.7 Å². The zero-order chi connectivity index (χ0) is 16.9. The van der Waals surface area contributed by atoms with Crippen LogP contribution < -0.4 is 10.1 Å². The molecule has 1 N–H and O–H groups in total. The van der Waals surface area contributed by atoms with Gasteiger partial charge in [0.2, 0.25) is 0 Å². The molecule has 0 aliphatic heterocycles. The van der Waals surface area contributed by atoms with Gasteiger partial charge in [0.25, 0.3) is 5.91 Å². The van der Waals surface area contributed by atoms with Crippen molar-refractivity contribution in [2.45, 2.75) is 6.54 Å². The van der Waals surface area contributed by atoms with Crippen molar-refractivity contribution >= 4 is 17.2 Å². The quantitative estimate of drug-likeness (QED) is 0.742. The Bertz CT molecular complexity index is 843. The topological polar surface area (TPSA) is 38.3 Å². The van der Waals surface area contributed by atoms with Gasteiger partial charge < -0.3 is 10.1 Å². The summed E-state index contributed by atoms with van der Waals surface area (Å²) in [6, 6.07) is 15.6. The number of methoxy groups -OCH3 is 1. The third-order valence-electron chi connectivity index (χ3n) is 3.66. The third-order valence-corrected chi connectivity index (χ3v) is 4.57. The summed E-state index contributed by atoms with van der Waals surface area (Å²) in [6.45, 7) is 0.379. The normalized spacial score (nSPS) is 10.4. The van der Waals surface area contributed by atoms with Gasteiger partial charge in [0.15, 0.2) is 0 Å². The summed E-state index contributed by atoms with van der Waals surface area (Å²) in [6.07, 6.45) is 0. The molecule has 0 atom stereocenters. The third kappa shape index (κ3) is 3.46. The van der Waals surface area contributed by atoms with Gasteiger partial charge in [-0.25, -0.2) is 4.39 Å². The molecule has 0 bridgehead atoms. The van der Waals surface area contributed by atoms with E-state index in [1.54, 1.807) is 19.2 Å². The van der Waals surface area contributed by atoms with E-state index in [1.165, 1.54) is 23.5 Å².